The van der Waals surface area contributed by atoms with Crippen molar-refractivity contribution in [1.29, 1.82) is 0 Å². The third-order valence-corrected chi connectivity index (χ3v) is 9.55. The first-order valence-electron chi connectivity index (χ1n) is 20.2. The first kappa shape index (κ1) is 48.1. The molecule has 12 atom stereocenters. The predicted molar refractivity (Wildman–Crippen MR) is 206 cm³/mol. The summed E-state index contributed by atoms with van der Waals surface area (Å²) in [6.07, 6.45) is -10.4. The number of rotatable bonds is 10. The van der Waals surface area contributed by atoms with Crippen LogP contribution in [0.15, 0.2) is 0 Å². The van der Waals surface area contributed by atoms with Crippen molar-refractivity contribution in [3.63, 3.8) is 0 Å². The van der Waals surface area contributed by atoms with Crippen LogP contribution in [0.3, 0.4) is 0 Å². The fraction of sp³-hybridized carbons (Fsp3) is 0.923. The minimum atomic E-state index is -1.56. The van der Waals surface area contributed by atoms with Gasteiger partial charge >= 0.3 is 18.3 Å². The highest BCUT2D eigenvalue weighted by atomic mass is 16.7. The van der Waals surface area contributed by atoms with Crippen molar-refractivity contribution < 1.29 is 72.3 Å². The van der Waals surface area contributed by atoms with E-state index in [2.05, 4.69) is 10.6 Å². The fourth-order valence-corrected chi connectivity index (χ4v) is 7.22. The van der Waals surface area contributed by atoms with E-state index in [1.54, 1.807) is 76.2 Å². The van der Waals surface area contributed by atoms with Gasteiger partial charge in [-0.05, 0) is 102 Å². The topological polar surface area (TPSA) is 248 Å². The van der Waals surface area contributed by atoms with Crippen molar-refractivity contribution >= 4 is 18.3 Å². The maximum atomic E-state index is 13.6. The highest BCUT2D eigenvalue weighted by Crippen LogP contribution is 2.33. The summed E-state index contributed by atoms with van der Waals surface area (Å²) in [5, 5.41) is 38.8. The van der Waals surface area contributed by atoms with Gasteiger partial charge in [-0.15, -0.1) is 0 Å². The number of carbonyl (C=O) groups excluding carboxylic acids is 3. The summed E-state index contributed by atoms with van der Waals surface area (Å²) in [5.41, 5.74) is 2.79. The Morgan fingerprint density at radius 1 is 0.793 bits per heavy atom. The fourth-order valence-electron chi connectivity index (χ4n) is 7.22. The average molecular weight is 835 g/mol. The van der Waals surface area contributed by atoms with E-state index < -0.39 is 114 Å². The molecule has 3 aliphatic heterocycles. The molecule has 336 valence electrons. The first-order valence-corrected chi connectivity index (χ1v) is 20.2. The summed E-state index contributed by atoms with van der Waals surface area (Å²) < 4.78 is 53.5. The van der Waals surface area contributed by atoms with Crippen LogP contribution in [0.25, 0.3) is 0 Å². The molecular formula is C39H70N4O15. The van der Waals surface area contributed by atoms with Gasteiger partial charge in [0.15, 0.2) is 18.4 Å². The molecule has 0 spiro atoms. The normalized spacial score (nSPS) is 35.8. The van der Waals surface area contributed by atoms with Crippen LogP contribution in [0.1, 0.15) is 109 Å². The lowest BCUT2D eigenvalue weighted by molar-refractivity contribution is -0.302. The van der Waals surface area contributed by atoms with Gasteiger partial charge in [-0.2, -0.15) is 0 Å². The number of ether oxygens (including phenoxy) is 9. The molecule has 58 heavy (non-hydrogen) atoms. The molecule has 1 saturated carbocycles. The zero-order valence-corrected chi connectivity index (χ0v) is 36.3. The zero-order valence-electron chi connectivity index (χ0n) is 36.3. The maximum absolute atomic E-state index is 13.6. The molecule has 3 heterocycles. The average Bonchev–Trinajstić information content (AvgIpc) is 3.37. The second-order valence-electron chi connectivity index (χ2n) is 19.6. The predicted octanol–water partition coefficient (Wildman–Crippen LogP) is 2.39. The summed E-state index contributed by atoms with van der Waals surface area (Å²) >= 11 is 0. The molecule has 0 unspecified atom stereocenters. The third kappa shape index (κ3) is 14.8. The minimum Gasteiger partial charge on any atom is -0.444 e. The Bertz CT molecular complexity index is 1400. The summed E-state index contributed by atoms with van der Waals surface area (Å²) in [6.45, 7) is 21.0. The van der Waals surface area contributed by atoms with Gasteiger partial charge in [-0.25, -0.2) is 14.4 Å². The number of hydrogen-bond donors (Lipinski definition) is 6. The van der Waals surface area contributed by atoms with Gasteiger partial charge in [-0.1, -0.05) is 0 Å². The number of hydrogen-bond acceptors (Lipinski definition) is 16. The molecule has 0 bridgehead atoms. The van der Waals surface area contributed by atoms with Crippen LogP contribution in [0, 0.1) is 0 Å². The monoisotopic (exact) mass is 834 g/mol. The lowest BCUT2D eigenvalue weighted by atomic mass is 9.83. The van der Waals surface area contributed by atoms with Crippen LogP contribution < -0.4 is 16.4 Å². The second kappa shape index (κ2) is 18.6. The Hall–Kier alpha value is -2.59. The molecule has 1 aliphatic carbocycles. The summed E-state index contributed by atoms with van der Waals surface area (Å²) in [5.74, 6) is -0.833. The van der Waals surface area contributed by atoms with E-state index in [0.717, 1.165) is 0 Å². The van der Waals surface area contributed by atoms with Gasteiger partial charge in [-0.3, -0.25) is 0 Å². The molecule has 4 fully saturated rings. The number of aliphatic hydroxyl groups is 3. The number of alkyl carbamates (subject to hydrolysis) is 2. The summed E-state index contributed by atoms with van der Waals surface area (Å²) in [7, 11) is 0. The standard InChI is InChI=1S/C39H70N4O15/c1-35(2,3)56-32(46)41-24-14-13-21(17-43(34(48)58-37(7,8)9)18-22-19-51-38(10,11)55-22)52-30(24)54-29-25(42-33(47)57-36(4,5)6)15-23(40)28(27(29)45)53-31-26(44)16-39(12,49)20-50-31/h21-31,44-45,49H,13-20,40H2,1-12H3,(H,41,46)(H,42,47)/t21-,22+,23+,24+,25-,26+,27+,28-,29+,30+,31+,39+/m0/s1. The Balaban J connectivity index is 1.63. The number of amides is 3. The second-order valence-corrected chi connectivity index (χ2v) is 19.6. The molecular weight excluding hydrogens is 764 g/mol. The Morgan fingerprint density at radius 2 is 1.34 bits per heavy atom. The lowest BCUT2D eigenvalue weighted by Crippen LogP contribution is -2.67. The molecule has 0 aromatic rings. The zero-order chi connectivity index (χ0) is 43.6. The van der Waals surface area contributed by atoms with Gasteiger partial charge in [0.1, 0.15) is 47.3 Å². The number of nitrogens with zero attached hydrogens (tertiary/aromatic N) is 1. The third-order valence-electron chi connectivity index (χ3n) is 9.55. The molecule has 3 saturated heterocycles. The van der Waals surface area contributed by atoms with Crippen LogP contribution in [-0.4, -0.2) is 160 Å². The van der Waals surface area contributed by atoms with Crippen molar-refractivity contribution in [2.75, 3.05) is 26.3 Å². The van der Waals surface area contributed by atoms with E-state index in [0.29, 0.717) is 12.8 Å². The number of nitrogens with one attached hydrogen (secondary N) is 2. The van der Waals surface area contributed by atoms with Gasteiger partial charge < -0.3 is 79.2 Å². The lowest BCUT2D eigenvalue weighted by Gasteiger charge is -2.48. The highest BCUT2D eigenvalue weighted by Gasteiger charge is 2.50. The quantitative estimate of drug-likeness (QED) is 0.173. The van der Waals surface area contributed by atoms with Crippen molar-refractivity contribution in [3.8, 4) is 0 Å². The summed E-state index contributed by atoms with van der Waals surface area (Å²) in [6, 6.07) is -2.70. The van der Waals surface area contributed by atoms with Crippen LogP contribution in [0.4, 0.5) is 14.4 Å². The molecule has 0 aromatic carbocycles. The minimum absolute atomic E-state index is 0.0126. The van der Waals surface area contributed by atoms with Gasteiger partial charge in [0.25, 0.3) is 0 Å². The largest absolute Gasteiger partial charge is 0.444 e. The smallest absolute Gasteiger partial charge is 0.410 e. The summed E-state index contributed by atoms with van der Waals surface area (Å²) in [4.78, 5) is 41.4. The van der Waals surface area contributed by atoms with Crippen LogP contribution in [-0.2, 0) is 42.6 Å². The Kier molecular flexibility index (Phi) is 15.4. The molecule has 4 rings (SSSR count). The molecule has 19 heteroatoms. The highest BCUT2D eigenvalue weighted by molar-refractivity contribution is 5.69. The van der Waals surface area contributed by atoms with Crippen molar-refractivity contribution in [3.05, 3.63) is 0 Å². The van der Waals surface area contributed by atoms with E-state index >= 15 is 0 Å². The van der Waals surface area contributed by atoms with Crippen LogP contribution in [0.5, 0.6) is 0 Å². The van der Waals surface area contributed by atoms with Gasteiger partial charge in [0.05, 0.1) is 50.1 Å². The van der Waals surface area contributed by atoms with E-state index in [-0.39, 0.29) is 39.1 Å². The molecule has 7 N–H and O–H groups in total. The van der Waals surface area contributed by atoms with E-state index in [4.69, 9.17) is 48.4 Å². The van der Waals surface area contributed by atoms with Gasteiger partial charge in [0.2, 0.25) is 0 Å². The van der Waals surface area contributed by atoms with E-state index in [1.807, 2.05) is 0 Å². The van der Waals surface area contributed by atoms with Crippen molar-refractivity contribution in [2.24, 2.45) is 5.73 Å². The van der Waals surface area contributed by atoms with Crippen molar-refractivity contribution in [1.82, 2.24) is 15.5 Å². The first-order chi connectivity index (χ1) is 26.5. The Labute approximate surface area is 342 Å². The SMILES string of the molecule is CC(C)(C)OC(=O)N[C@H]1C[C@@H](N)[C@H](O[C@H]2OC[C@](C)(O)C[C@H]2O)[C@@H](O)[C@@H]1O[C@H]1O[C@H](CN(C[C@@H]2COC(C)(C)O2)C(=O)OC(C)(C)C)CC[C@H]1NC(=O)OC(C)(C)C. The molecule has 0 radical (unpaired) electrons. The van der Waals surface area contributed by atoms with E-state index in [1.165, 1.54) is 11.8 Å². The molecule has 19 nitrogen and oxygen atoms in total. The van der Waals surface area contributed by atoms with Gasteiger partial charge in [0, 0.05) is 12.5 Å². The van der Waals surface area contributed by atoms with Crippen LogP contribution in [0.2, 0.25) is 0 Å². The maximum Gasteiger partial charge on any atom is 0.410 e. The molecule has 0 aromatic heterocycles. The Morgan fingerprint density at radius 3 is 1.88 bits per heavy atom. The number of aliphatic hydroxyl groups excluding tert-OH is 2. The number of nitrogens with two attached hydrogens (primary N) is 1. The molecule has 4 aliphatic rings. The molecule has 3 amide bonds. The van der Waals surface area contributed by atoms with Crippen molar-refractivity contribution in [2.45, 2.75) is 204 Å². The van der Waals surface area contributed by atoms with Crippen LogP contribution >= 0.6 is 0 Å². The van der Waals surface area contributed by atoms with E-state index in [9.17, 15) is 29.7 Å². The number of carbonyl (C=O) groups is 3.